The zero-order valence-electron chi connectivity index (χ0n) is 13.3. The van der Waals surface area contributed by atoms with Gasteiger partial charge < -0.3 is 0 Å². The van der Waals surface area contributed by atoms with E-state index in [0.717, 1.165) is 30.5 Å². The summed E-state index contributed by atoms with van der Waals surface area (Å²) in [6, 6.07) is 12.4. The Hall–Kier alpha value is -3.02. The predicted octanol–water partition coefficient (Wildman–Crippen LogP) is 3.37. The second-order valence-corrected chi connectivity index (χ2v) is 5.77. The summed E-state index contributed by atoms with van der Waals surface area (Å²) in [5.41, 5.74) is 6.31. The highest BCUT2D eigenvalue weighted by Gasteiger charge is 2.17. The van der Waals surface area contributed by atoms with Gasteiger partial charge in [-0.15, -0.1) is 0 Å². The molecule has 122 valence electrons. The first kappa shape index (κ1) is 15.9. The van der Waals surface area contributed by atoms with Crippen molar-refractivity contribution in [1.29, 1.82) is 0 Å². The van der Waals surface area contributed by atoms with E-state index in [1.165, 1.54) is 11.6 Å². The number of carbonyl (C=O) groups is 1. The molecule has 1 aliphatic rings. The highest BCUT2D eigenvalue weighted by molar-refractivity contribution is 6.04. The third-order valence-electron chi connectivity index (χ3n) is 4.15. The first-order valence-electron chi connectivity index (χ1n) is 7.76. The van der Waals surface area contributed by atoms with Crippen LogP contribution in [-0.2, 0) is 6.42 Å². The fourth-order valence-electron chi connectivity index (χ4n) is 2.85. The smallest absolute Gasteiger partial charge is 0.267 e. The van der Waals surface area contributed by atoms with E-state index in [9.17, 15) is 14.9 Å². The van der Waals surface area contributed by atoms with Crippen molar-refractivity contribution in [3.05, 3.63) is 74.8 Å². The second kappa shape index (κ2) is 6.62. The Morgan fingerprint density at radius 1 is 1.21 bits per heavy atom. The van der Waals surface area contributed by atoms with Crippen LogP contribution in [-0.4, -0.2) is 16.5 Å². The van der Waals surface area contributed by atoms with Gasteiger partial charge in [0.15, 0.2) is 0 Å². The molecule has 2 aromatic carbocycles. The van der Waals surface area contributed by atoms with Crippen molar-refractivity contribution in [1.82, 2.24) is 5.43 Å². The summed E-state index contributed by atoms with van der Waals surface area (Å²) in [5.74, 6) is -0.450. The van der Waals surface area contributed by atoms with Crippen molar-refractivity contribution >= 4 is 17.3 Å². The van der Waals surface area contributed by atoms with E-state index in [2.05, 4.69) is 16.6 Å². The Labute approximate surface area is 139 Å². The molecule has 3 rings (SSSR count). The number of aryl methyl sites for hydroxylation is 2. The summed E-state index contributed by atoms with van der Waals surface area (Å²) >= 11 is 0. The zero-order chi connectivity index (χ0) is 17.1. The number of hydrazone groups is 1. The maximum atomic E-state index is 12.2. The lowest BCUT2D eigenvalue weighted by Gasteiger charge is -2.17. The van der Waals surface area contributed by atoms with Crippen molar-refractivity contribution in [3.63, 3.8) is 0 Å². The Bertz CT molecular complexity index is 843. The monoisotopic (exact) mass is 323 g/mol. The average Bonchev–Trinajstić information content (AvgIpc) is 2.59. The summed E-state index contributed by atoms with van der Waals surface area (Å²) in [6.45, 7) is 1.64. The normalized spacial score (nSPS) is 15.0. The summed E-state index contributed by atoms with van der Waals surface area (Å²) in [7, 11) is 0. The lowest BCUT2D eigenvalue weighted by molar-refractivity contribution is -0.385. The van der Waals surface area contributed by atoms with Crippen LogP contribution in [0.25, 0.3) is 0 Å². The van der Waals surface area contributed by atoms with Crippen LogP contribution in [0.5, 0.6) is 0 Å². The first-order chi connectivity index (χ1) is 11.6. The molecular weight excluding hydrogens is 306 g/mol. The van der Waals surface area contributed by atoms with E-state index < -0.39 is 10.8 Å². The van der Waals surface area contributed by atoms with Gasteiger partial charge in [0.05, 0.1) is 10.6 Å². The standard InChI is InChI=1S/C18H17N3O3/c1-12-9-10-14(11-17(12)21(23)24)18(22)20-19-16-8-4-6-13-5-2-3-7-15(13)16/h2-3,5,7,9-11H,4,6,8H2,1H3,(H,20,22)/b19-16-. The minimum absolute atomic E-state index is 0.0710. The SMILES string of the molecule is Cc1ccc(C(=O)N/N=C2/CCCc3ccccc32)cc1[N+](=O)[O-]. The van der Waals surface area contributed by atoms with Crippen molar-refractivity contribution in [3.8, 4) is 0 Å². The molecule has 6 nitrogen and oxygen atoms in total. The zero-order valence-corrected chi connectivity index (χ0v) is 13.3. The number of carbonyl (C=O) groups excluding carboxylic acids is 1. The lowest BCUT2D eigenvalue weighted by Crippen LogP contribution is -2.22. The number of hydrogen-bond acceptors (Lipinski definition) is 4. The molecule has 0 spiro atoms. The summed E-state index contributed by atoms with van der Waals surface area (Å²) in [6.07, 6.45) is 2.79. The molecule has 0 saturated heterocycles. The van der Waals surface area contributed by atoms with Crippen LogP contribution in [0.3, 0.4) is 0 Å². The number of rotatable bonds is 3. The van der Waals surface area contributed by atoms with Gasteiger partial charge in [0.25, 0.3) is 11.6 Å². The average molecular weight is 323 g/mol. The molecule has 0 unspecified atom stereocenters. The molecule has 0 aliphatic heterocycles. The van der Waals surface area contributed by atoms with E-state index in [0.29, 0.717) is 5.56 Å². The maximum absolute atomic E-state index is 12.2. The minimum atomic E-state index is -0.491. The van der Waals surface area contributed by atoms with Crippen LogP contribution in [0.4, 0.5) is 5.69 Å². The van der Waals surface area contributed by atoms with Crippen LogP contribution >= 0.6 is 0 Å². The third-order valence-corrected chi connectivity index (χ3v) is 4.15. The quantitative estimate of drug-likeness (QED) is 0.694. The molecule has 1 aliphatic carbocycles. The molecule has 6 heteroatoms. The Morgan fingerprint density at radius 3 is 2.79 bits per heavy atom. The summed E-state index contributed by atoms with van der Waals surface area (Å²) < 4.78 is 0. The molecule has 0 atom stereocenters. The molecule has 1 N–H and O–H groups in total. The van der Waals surface area contributed by atoms with Crippen LogP contribution in [0.2, 0.25) is 0 Å². The van der Waals surface area contributed by atoms with Gasteiger partial charge in [-0.1, -0.05) is 30.3 Å². The van der Waals surface area contributed by atoms with Gasteiger partial charge in [0.1, 0.15) is 0 Å². The van der Waals surface area contributed by atoms with Gasteiger partial charge in [-0.3, -0.25) is 14.9 Å². The molecular formula is C18H17N3O3. The highest BCUT2D eigenvalue weighted by Crippen LogP contribution is 2.22. The molecule has 0 aromatic heterocycles. The van der Waals surface area contributed by atoms with Gasteiger partial charge in [0.2, 0.25) is 0 Å². The van der Waals surface area contributed by atoms with Crippen LogP contribution in [0.15, 0.2) is 47.6 Å². The van der Waals surface area contributed by atoms with Crippen molar-refractivity contribution < 1.29 is 9.72 Å². The van der Waals surface area contributed by atoms with Gasteiger partial charge in [0, 0.05) is 22.8 Å². The van der Waals surface area contributed by atoms with Gasteiger partial charge in [-0.2, -0.15) is 5.10 Å². The summed E-state index contributed by atoms with van der Waals surface area (Å²) in [5, 5.41) is 15.2. The molecule has 1 amide bonds. The molecule has 0 bridgehead atoms. The third kappa shape index (κ3) is 3.17. The largest absolute Gasteiger partial charge is 0.273 e. The topological polar surface area (TPSA) is 84.6 Å². The van der Waals surface area contributed by atoms with Crippen LogP contribution in [0, 0.1) is 17.0 Å². The van der Waals surface area contributed by atoms with Crippen LogP contribution in [0.1, 0.15) is 39.9 Å². The lowest BCUT2D eigenvalue weighted by atomic mass is 9.90. The predicted molar refractivity (Wildman–Crippen MR) is 91.2 cm³/mol. The molecule has 0 heterocycles. The van der Waals surface area contributed by atoms with E-state index >= 15 is 0 Å². The first-order valence-corrected chi connectivity index (χ1v) is 7.76. The fraction of sp³-hybridized carbons (Fsp3) is 0.222. The number of nitrogens with zero attached hydrogens (tertiary/aromatic N) is 2. The van der Waals surface area contributed by atoms with Gasteiger partial charge in [-0.05, 0) is 37.8 Å². The van der Waals surface area contributed by atoms with Gasteiger partial charge in [-0.25, -0.2) is 5.43 Å². The molecule has 0 radical (unpaired) electrons. The van der Waals surface area contributed by atoms with Crippen molar-refractivity contribution in [2.24, 2.45) is 5.10 Å². The second-order valence-electron chi connectivity index (χ2n) is 5.77. The van der Waals surface area contributed by atoms with E-state index in [4.69, 9.17) is 0 Å². The van der Waals surface area contributed by atoms with Crippen molar-refractivity contribution in [2.75, 3.05) is 0 Å². The number of benzene rings is 2. The minimum Gasteiger partial charge on any atom is -0.267 e. The fourth-order valence-corrected chi connectivity index (χ4v) is 2.85. The number of amides is 1. The number of nitro benzene ring substituents is 1. The summed E-state index contributed by atoms with van der Waals surface area (Å²) in [4.78, 5) is 22.7. The van der Waals surface area contributed by atoms with Gasteiger partial charge >= 0.3 is 0 Å². The molecule has 24 heavy (non-hydrogen) atoms. The maximum Gasteiger partial charge on any atom is 0.273 e. The molecule has 2 aromatic rings. The van der Waals surface area contributed by atoms with Crippen LogP contribution < -0.4 is 5.43 Å². The molecule has 0 saturated carbocycles. The van der Waals surface area contributed by atoms with E-state index in [-0.39, 0.29) is 11.3 Å². The number of hydrogen-bond donors (Lipinski definition) is 1. The molecule has 0 fully saturated rings. The number of nitrogens with one attached hydrogen (secondary N) is 1. The Kier molecular flexibility index (Phi) is 4.37. The van der Waals surface area contributed by atoms with E-state index in [1.807, 2.05) is 18.2 Å². The highest BCUT2D eigenvalue weighted by atomic mass is 16.6. The van der Waals surface area contributed by atoms with Crippen molar-refractivity contribution in [2.45, 2.75) is 26.2 Å². The Balaban J connectivity index is 1.82. The van der Waals surface area contributed by atoms with E-state index in [1.54, 1.807) is 19.1 Å². The number of fused-ring (bicyclic) bond motifs is 1. The Morgan fingerprint density at radius 2 is 2.00 bits per heavy atom. The number of nitro groups is 1.